The number of carbonyl (C=O) groups is 2. The molecule has 0 saturated heterocycles. The van der Waals surface area contributed by atoms with Gasteiger partial charge in [-0.2, -0.15) is 0 Å². The van der Waals surface area contributed by atoms with Gasteiger partial charge in [0.1, 0.15) is 0 Å². The summed E-state index contributed by atoms with van der Waals surface area (Å²) in [5.74, 6) is -1.74. The number of carbonyl (C=O) groups excluding carboxylic acids is 1. The Hall–Kier alpha value is -2.10. The van der Waals surface area contributed by atoms with Crippen molar-refractivity contribution >= 4 is 18.0 Å². The van der Waals surface area contributed by atoms with Crippen LogP contribution in [0.5, 0.6) is 0 Å². The Morgan fingerprint density at radius 2 is 2.00 bits per heavy atom. The summed E-state index contributed by atoms with van der Waals surface area (Å²) in [6.07, 6.45) is 4.61. The first-order valence-corrected chi connectivity index (χ1v) is 5.81. The molecule has 0 radical (unpaired) electrons. The molecule has 0 spiro atoms. The molecule has 1 rings (SSSR count). The third-order valence-corrected chi connectivity index (χ3v) is 2.32. The van der Waals surface area contributed by atoms with Crippen LogP contribution >= 0.6 is 0 Å². The largest absolute Gasteiger partial charge is 0.478 e. The minimum atomic E-state index is -1.13. The number of carboxylic acids is 1. The molecule has 0 bridgehead atoms. The Morgan fingerprint density at radius 1 is 1.28 bits per heavy atom. The highest BCUT2D eigenvalue weighted by Gasteiger charge is 2.17. The lowest BCUT2D eigenvalue weighted by Gasteiger charge is -2.06. The second-order valence-electron chi connectivity index (χ2n) is 3.64. The molecule has 0 aliphatic heterocycles. The number of allylic oxidation sites excluding steroid dienone is 1. The fraction of sp³-hybridized carbons (Fsp3) is 0.286. The molecule has 1 aromatic carbocycles. The van der Waals surface area contributed by atoms with Crippen molar-refractivity contribution < 1.29 is 19.4 Å². The molecule has 4 nitrogen and oxygen atoms in total. The summed E-state index contributed by atoms with van der Waals surface area (Å²) in [6.45, 7) is 3.88. The van der Waals surface area contributed by atoms with Crippen LogP contribution in [0.3, 0.4) is 0 Å². The average molecular weight is 248 g/mol. The van der Waals surface area contributed by atoms with E-state index in [1.54, 1.807) is 13.0 Å². The van der Waals surface area contributed by atoms with Crippen LogP contribution in [0, 0.1) is 0 Å². The van der Waals surface area contributed by atoms with Gasteiger partial charge in [-0.3, -0.25) is 0 Å². The summed E-state index contributed by atoms with van der Waals surface area (Å²) in [6, 6.07) is 4.66. The number of esters is 1. The second kappa shape index (κ2) is 6.59. The Morgan fingerprint density at radius 3 is 2.56 bits per heavy atom. The first-order chi connectivity index (χ1) is 8.60. The van der Waals surface area contributed by atoms with E-state index < -0.39 is 11.9 Å². The molecular weight excluding hydrogens is 232 g/mol. The molecule has 0 aromatic heterocycles. The predicted molar refractivity (Wildman–Crippen MR) is 68.7 cm³/mol. The van der Waals surface area contributed by atoms with Crippen LogP contribution in [0.15, 0.2) is 24.3 Å². The molecule has 0 saturated carbocycles. The maximum Gasteiger partial charge on any atom is 0.338 e. The van der Waals surface area contributed by atoms with Crippen molar-refractivity contribution in [3.8, 4) is 0 Å². The minimum absolute atomic E-state index is 0.0355. The number of benzene rings is 1. The topological polar surface area (TPSA) is 63.6 Å². The third-order valence-electron chi connectivity index (χ3n) is 2.32. The molecule has 1 aromatic rings. The van der Waals surface area contributed by atoms with Gasteiger partial charge in [0.2, 0.25) is 0 Å². The molecule has 96 valence electrons. The summed E-state index contributed by atoms with van der Waals surface area (Å²) in [5.41, 5.74) is 0.798. The van der Waals surface area contributed by atoms with Gasteiger partial charge in [0.15, 0.2) is 0 Å². The number of carboxylic acid groups (broad SMARTS) is 1. The molecule has 4 heteroatoms. The fourth-order valence-electron chi connectivity index (χ4n) is 1.48. The quantitative estimate of drug-likeness (QED) is 0.813. The Labute approximate surface area is 106 Å². The maximum absolute atomic E-state index is 11.6. The number of aromatic carboxylic acids is 1. The molecule has 0 unspecified atom stereocenters. The lowest BCUT2D eigenvalue weighted by Crippen LogP contribution is -2.11. The smallest absolute Gasteiger partial charge is 0.338 e. The summed E-state index contributed by atoms with van der Waals surface area (Å²) < 4.78 is 4.82. The lowest BCUT2D eigenvalue weighted by atomic mass is 10.0. The number of rotatable bonds is 5. The Balaban J connectivity index is 3.16. The van der Waals surface area contributed by atoms with Crippen molar-refractivity contribution in [2.45, 2.75) is 20.3 Å². The molecule has 0 fully saturated rings. The van der Waals surface area contributed by atoms with Crippen molar-refractivity contribution in [1.82, 2.24) is 0 Å². The van der Waals surface area contributed by atoms with Crippen LogP contribution in [0.2, 0.25) is 0 Å². The van der Waals surface area contributed by atoms with Crippen molar-refractivity contribution in [2.24, 2.45) is 0 Å². The Bertz CT molecular complexity index is 475. The normalized spacial score (nSPS) is 10.6. The Kier molecular flexibility index (Phi) is 5.11. The first-order valence-electron chi connectivity index (χ1n) is 5.81. The molecular formula is C14H16O4. The first kappa shape index (κ1) is 14.0. The highest BCUT2D eigenvalue weighted by atomic mass is 16.5. The van der Waals surface area contributed by atoms with Crippen LogP contribution in [-0.4, -0.2) is 23.7 Å². The van der Waals surface area contributed by atoms with E-state index >= 15 is 0 Å². The maximum atomic E-state index is 11.6. The van der Waals surface area contributed by atoms with E-state index in [4.69, 9.17) is 9.84 Å². The molecule has 0 amide bonds. The van der Waals surface area contributed by atoms with E-state index in [9.17, 15) is 9.59 Å². The van der Waals surface area contributed by atoms with Crippen molar-refractivity contribution in [3.05, 3.63) is 41.0 Å². The monoisotopic (exact) mass is 248 g/mol. The zero-order valence-electron chi connectivity index (χ0n) is 10.5. The predicted octanol–water partition coefficient (Wildman–Crippen LogP) is 2.98. The van der Waals surface area contributed by atoms with Gasteiger partial charge >= 0.3 is 11.9 Å². The van der Waals surface area contributed by atoms with Crippen LogP contribution in [0.1, 0.15) is 46.5 Å². The van der Waals surface area contributed by atoms with Gasteiger partial charge in [0, 0.05) is 0 Å². The molecule has 0 heterocycles. The number of hydrogen-bond donors (Lipinski definition) is 1. The van der Waals surface area contributed by atoms with Gasteiger partial charge in [-0.15, -0.1) is 0 Å². The van der Waals surface area contributed by atoms with Crippen molar-refractivity contribution in [1.29, 1.82) is 0 Å². The van der Waals surface area contributed by atoms with Crippen LogP contribution in [-0.2, 0) is 4.74 Å². The van der Waals surface area contributed by atoms with E-state index in [1.165, 1.54) is 12.1 Å². The lowest BCUT2D eigenvalue weighted by molar-refractivity contribution is 0.0514. The van der Waals surface area contributed by atoms with Gasteiger partial charge in [0.05, 0.1) is 17.7 Å². The summed E-state index contributed by atoms with van der Waals surface area (Å²) in [5, 5.41) is 9.10. The SMILES string of the molecule is CCC=Cc1ccc(C(=O)OCC)c(C(=O)O)c1. The van der Waals surface area contributed by atoms with Crippen molar-refractivity contribution in [2.75, 3.05) is 6.61 Å². The van der Waals surface area contributed by atoms with Gasteiger partial charge in [-0.05, 0) is 31.0 Å². The van der Waals surface area contributed by atoms with Gasteiger partial charge < -0.3 is 9.84 Å². The van der Waals surface area contributed by atoms with Crippen molar-refractivity contribution in [3.63, 3.8) is 0 Å². The van der Waals surface area contributed by atoms with Crippen LogP contribution in [0.25, 0.3) is 6.08 Å². The van der Waals surface area contributed by atoms with E-state index in [0.29, 0.717) is 0 Å². The standard InChI is InChI=1S/C14H16O4/c1-3-5-6-10-7-8-11(14(17)18-4-2)12(9-10)13(15)16/h5-9H,3-4H2,1-2H3,(H,15,16). The molecule has 0 aliphatic rings. The molecule has 0 atom stereocenters. The average Bonchev–Trinajstić information content (AvgIpc) is 2.36. The summed E-state index contributed by atoms with van der Waals surface area (Å²) in [4.78, 5) is 22.7. The van der Waals surface area contributed by atoms with E-state index in [0.717, 1.165) is 12.0 Å². The van der Waals surface area contributed by atoms with E-state index in [-0.39, 0.29) is 17.7 Å². The van der Waals surface area contributed by atoms with Gasteiger partial charge in [-0.25, -0.2) is 9.59 Å². The number of hydrogen-bond acceptors (Lipinski definition) is 3. The van der Waals surface area contributed by atoms with Crippen LogP contribution < -0.4 is 0 Å². The van der Waals surface area contributed by atoms with E-state index in [1.807, 2.05) is 19.1 Å². The zero-order chi connectivity index (χ0) is 13.5. The second-order valence-corrected chi connectivity index (χ2v) is 3.64. The highest BCUT2D eigenvalue weighted by Crippen LogP contribution is 2.15. The van der Waals surface area contributed by atoms with E-state index in [2.05, 4.69) is 0 Å². The third kappa shape index (κ3) is 3.45. The molecule has 18 heavy (non-hydrogen) atoms. The van der Waals surface area contributed by atoms with Crippen LogP contribution in [0.4, 0.5) is 0 Å². The summed E-state index contributed by atoms with van der Waals surface area (Å²) >= 11 is 0. The highest BCUT2D eigenvalue weighted by molar-refractivity contribution is 6.02. The molecule has 0 aliphatic carbocycles. The number of ether oxygens (including phenoxy) is 1. The fourth-order valence-corrected chi connectivity index (χ4v) is 1.48. The zero-order valence-corrected chi connectivity index (χ0v) is 10.5. The minimum Gasteiger partial charge on any atom is -0.478 e. The van der Waals surface area contributed by atoms with Gasteiger partial charge in [0.25, 0.3) is 0 Å². The molecule has 1 N–H and O–H groups in total. The summed E-state index contributed by atoms with van der Waals surface area (Å²) in [7, 11) is 0. The van der Waals surface area contributed by atoms with Gasteiger partial charge in [-0.1, -0.05) is 25.1 Å².